The van der Waals surface area contributed by atoms with Gasteiger partial charge in [0.15, 0.2) is 0 Å². The molecular weight excluding hydrogens is 273 g/mol. The average molecular weight is 295 g/mol. The number of hydrogen-bond donors (Lipinski definition) is 2. The van der Waals surface area contributed by atoms with E-state index in [-0.39, 0.29) is 18.1 Å². The summed E-state index contributed by atoms with van der Waals surface area (Å²) >= 11 is 0. The van der Waals surface area contributed by atoms with Crippen molar-refractivity contribution in [3.05, 3.63) is 24.0 Å². The number of nitrogens with zero attached hydrogens (tertiary/aromatic N) is 1. The molecule has 1 aromatic carbocycles. The number of amides is 1. The molecule has 5 nitrogen and oxygen atoms in total. The summed E-state index contributed by atoms with van der Waals surface area (Å²) in [7, 11) is 1.60. The lowest BCUT2D eigenvalue weighted by atomic mass is 10.2. The monoisotopic (exact) mass is 295 g/mol. The Morgan fingerprint density at radius 1 is 1.38 bits per heavy atom. The number of anilines is 2. The Balaban J connectivity index is 1.99. The zero-order valence-electron chi connectivity index (χ0n) is 12.3. The first-order valence-electron chi connectivity index (χ1n) is 7.25. The molecule has 0 bridgehead atoms. The van der Waals surface area contributed by atoms with Gasteiger partial charge in [-0.25, -0.2) is 4.39 Å². The Hall–Kier alpha value is -1.66. The second-order valence-corrected chi connectivity index (χ2v) is 5.05. The van der Waals surface area contributed by atoms with Gasteiger partial charge in [0.1, 0.15) is 11.5 Å². The van der Waals surface area contributed by atoms with E-state index in [1.54, 1.807) is 13.2 Å². The second-order valence-electron chi connectivity index (χ2n) is 5.05. The Morgan fingerprint density at radius 2 is 2.14 bits per heavy atom. The van der Waals surface area contributed by atoms with E-state index in [9.17, 15) is 9.18 Å². The molecule has 1 aliphatic heterocycles. The third kappa shape index (κ3) is 4.41. The average Bonchev–Trinajstić information content (AvgIpc) is 3.00. The number of nitrogens with one attached hydrogen (secondary N) is 2. The van der Waals surface area contributed by atoms with Crippen LogP contribution in [-0.2, 0) is 9.53 Å². The minimum absolute atomic E-state index is 0.136. The molecule has 0 radical (unpaired) electrons. The highest BCUT2D eigenvalue weighted by Crippen LogP contribution is 2.31. The molecule has 1 amide bonds. The molecule has 0 spiro atoms. The molecule has 2 rings (SSSR count). The molecule has 0 saturated carbocycles. The zero-order valence-corrected chi connectivity index (χ0v) is 12.3. The number of hydrogen-bond acceptors (Lipinski definition) is 4. The summed E-state index contributed by atoms with van der Waals surface area (Å²) in [4.78, 5) is 14.0. The predicted octanol–water partition coefficient (Wildman–Crippen LogP) is 1.60. The Kier molecular flexibility index (Phi) is 5.95. The molecule has 1 heterocycles. The first kappa shape index (κ1) is 15.7. The fraction of sp³-hybridized carbons (Fsp3) is 0.533. The molecule has 1 aliphatic rings. The van der Waals surface area contributed by atoms with Gasteiger partial charge in [-0.05, 0) is 25.0 Å². The van der Waals surface area contributed by atoms with Gasteiger partial charge in [-0.1, -0.05) is 6.07 Å². The van der Waals surface area contributed by atoms with E-state index in [0.717, 1.165) is 31.6 Å². The van der Waals surface area contributed by atoms with Crippen molar-refractivity contribution in [3.8, 4) is 0 Å². The van der Waals surface area contributed by atoms with Gasteiger partial charge >= 0.3 is 0 Å². The molecule has 6 heteroatoms. The van der Waals surface area contributed by atoms with E-state index in [1.807, 2.05) is 6.07 Å². The first-order valence-corrected chi connectivity index (χ1v) is 7.25. The van der Waals surface area contributed by atoms with Crippen molar-refractivity contribution in [3.63, 3.8) is 0 Å². The number of ether oxygens (including phenoxy) is 1. The summed E-state index contributed by atoms with van der Waals surface area (Å²) in [5.74, 6) is -0.652. The molecule has 0 unspecified atom stereocenters. The van der Waals surface area contributed by atoms with Crippen LogP contribution >= 0.6 is 0 Å². The topological polar surface area (TPSA) is 53.6 Å². The van der Waals surface area contributed by atoms with Crippen LogP contribution in [0.4, 0.5) is 15.8 Å². The van der Waals surface area contributed by atoms with Crippen molar-refractivity contribution in [1.29, 1.82) is 0 Å². The van der Waals surface area contributed by atoms with Gasteiger partial charge in [0.2, 0.25) is 5.91 Å². The maximum Gasteiger partial charge on any atom is 0.238 e. The normalized spacial score (nSPS) is 14.5. The summed E-state index contributed by atoms with van der Waals surface area (Å²) in [6.45, 7) is 3.06. The summed E-state index contributed by atoms with van der Waals surface area (Å²) < 4.78 is 18.9. The van der Waals surface area contributed by atoms with Crippen molar-refractivity contribution < 1.29 is 13.9 Å². The molecule has 1 fully saturated rings. The molecule has 2 N–H and O–H groups in total. The Labute approximate surface area is 124 Å². The van der Waals surface area contributed by atoms with E-state index >= 15 is 0 Å². The highest BCUT2D eigenvalue weighted by molar-refractivity contribution is 5.95. The van der Waals surface area contributed by atoms with Gasteiger partial charge in [0.25, 0.3) is 0 Å². The number of benzene rings is 1. The van der Waals surface area contributed by atoms with Crippen LogP contribution in [0.2, 0.25) is 0 Å². The van der Waals surface area contributed by atoms with Crippen LogP contribution in [0.3, 0.4) is 0 Å². The molecule has 0 atom stereocenters. The standard InChI is InChI=1S/C15H22FN3O2/c1-21-10-7-17-11-14(20)18-15-12(16)5-4-6-13(15)19-8-2-3-9-19/h4-6,17H,2-3,7-11H2,1H3,(H,18,20). The first-order chi connectivity index (χ1) is 10.2. The van der Waals surface area contributed by atoms with Crippen LogP contribution in [0, 0.1) is 5.82 Å². The number of rotatable bonds is 7. The largest absolute Gasteiger partial charge is 0.383 e. The van der Waals surface area contributed by atoms with E-state index in [0.29, 0.717) is 13.2 Å². The zero-order chi connectivity index (χ0) is 15.1. The lowest BCUT2D eigenvalue weighted by molar-refractivity contribution is -0.115. The quantitative estimate of drug-likeness (QED) is 0.750. The van der Waals surface area contributed by atoms with Crippen molar-refractivity contribution >= 4 is 17.3 Å². The summed E-state index contributed by atoms with van der Waals surface area (Å²) in [5, 5.41) is 5.62. The lowest BCUT2D eigenvalue weighted by Crippen LogP contribution is -2.31. The van der Waals surface area contributed by atoms with Crippen LogP contribution in [0.5, 0.6) is 0 Å². The SMILES string of the molecule is COCCNCC(=O)Nc1c(F)cccc1N1CCCC1. The lowest BCUT2D eigenvalue weighted by Gasteiger charge is -2.22. The fourth-order valence-electron chi connectivity index (χ4n) is 2.42. The summed E-state index contributed by atoms with van der Waals surface area (Å²) in [6, 6.07) is 4.89. The smallest absolute Gasteiger partial charge is 0.238 e. The summed E-state index contributed by atoms with van der Waals surface area (Å²) in [5.41, 5.74) is 1.04. The number of carbonyl (C=O) groups is 1. The maximum atomic E-state index is 14.0. The molecule has 21 heavy (non-hydrogen) atoms. The van der Waals surface area contributed by atoms with Gasteiger partial charge in [-0.2, -0.15) is 0 Å². The number of methoxy groups -OCH3 is 1. The van der Waals surface area contributed by atoms with Crippen molar-refractivity contribution in [2.75, 3.05) is 50.1 Å². The van der Waals surface area contributed by atoms with Gasteiger partial charge in [-0.3, -0.25) is 4.79 Å². The van der Waals surface area contributed by atoms with Gasteiger partial charge in [0, 0.05) is 26.7 Å². The van der Waals surface area contributed by atoms with Crippen molar-refractivity contribution in [2.24, 2.45) is 0 Å². The van der Waals surface area contributed by atoms with Gasteiger partial charge in [-0.15, -0.1) is 0 Å². The highest BCUT2D eigenvalue weighted by Gasteiger charge is 2.19. The molecule has 116 valence electrons. The van der Waals surface area contributed by atoms with Gasteiger partial charge < -0.3 is 20.3 Å². The van der Waals surface area contributed by atoms with E-state index in [4.69, 9.17) is 4.74 Å². The maximum absolute atomic E-state index is 14.0. The van der Waals surface area contributed by atoms with Crippen molar-refractivity contribution in [2.45, 2.75) is 12.8 Å². The van der Waals surface area contributed by atoms with Crippen LogP contribution in [-0.4, -0.2) is 45.8 Å². The Morgan fingerprint density at radius 3 is 2.86 bits per heavy atom. The molecule has 1 aromatic rings. The van der Waals surface area contributed by atoms with Crippen LogP contribution in [0.1, 0.15) is 12.8 Å². The van der Waals surface area contributed by atoms with E-state index < -0.39 is 5.82 Å². The molecular formula is C15H22FN3O2. The Bertz CT molecular complexity index is 476. The minimum atomic E-state index is -0.398. The number of halogens is 1. The van der Waals surface area contributed by atoms with Crippen LogP contribution in [0.25, 0.3) is 0 Å². The highest BCUT2D eigenvalue weighted by atomic mass is 19.1. The van der Waals surface area contributed by atoms with E-state index in [1.165, 1.54) is 6.07 Å². The van der Waals surface area contributed by atoms with E-state index in [2.05, 4.69) is 15.5 Å². The van der Waals surface area contributed by atoms with Crippen LogP contribution in [0.15, 0.2) is 18.2 Å². The number of carbonyl (C=O) groups excluding carboxylic acids is 1. The van der Waals surface area contributed by atoms with Crippen LogP contribution < -0.4 is 15.5 Å². The molecule has 0 aliphatic carbocycles. The number of para-hydroxylation sites is 1. The third-order valence-corrected chi connectivity index (χ3v) is 3.47. The third-order valence-electron chi connectivity index (χ3n) is 3.47. The minimum Gasteiger partial charge on any atom is -0.383 e. The predicted molar refractivity (Wildman–Crippen MR) is 81.2 cm³/mol. The fourth-order valence-corrected chi connectivity index (χ4v) is 2.42. The molecule has 1 saturated heterocycles. The van der Waals surface area contributed by atoms with Gasteiger partial charge in [0.05, 0.1) is 18.8 Å². The van der Waals surface area contributed by atoms with Crippen molar-refractivity contribution in [1.82, 2.24) is 5.32 Å². The summed E-state index contributed by atoms with van der Waals surface area (Å²) in [6.07, 6.45) is 2.20. The second kappa shape index (κ2) is 7.95. The molecule has 0 aromatic heterocycles.